The maximum Gasteiger partial charge on any atom is 0.0435 e. The molecule has 3 rings (SSSR count). The van der Waals surface area contributed by atoms with Gasteiger partial charge in [0, 0.05) is 4.83 Å². The minimum Gasteiger partial charge on any atom is -0.0835 e. The summed E-state index contributed by atoms with van der Waals surface area (Å²) in [6.45, 7) is 0. The Morgan fingerprint density at radius 1 is 0.857 bits per heavy atom. The van der Waals surface area contributed by atoms with Crippen LogP contribution in [-0.2, 0) is 6.42 Å². The Balaban J connectivity index is 1.65. The van der Waals surface area contributed by atoms with Gasteiger partial charge in [-0.1, -0.05) is 89.8 Å². The fourth-order valence-electron chi connectivity index (χ4n) is 3.35. The first kappa shape index (κ1) is 14.8. The van der Waals surface area contributed by atoms with Crippen LogP contribution in [0.3, 0.4) is 0 Å². The number of halogens is 1. The number of rotatable bonds is 4. The zero-order chi connectivity index (χ0) is 14.5. The van der Waals surface area contributed by atoms with E-state index < -0.39 is 0 Å². The van der Waals surface area contributed by atoms with E-state index in [0.717, 1.165) is 12.3 Å². The molecule has 110 valence electrons. The van der Waals surface area contributed by atoms with Crippen molar-refractivity contribution in [2.24, 2.45) is 0 Å². The molecule has 1 saturated carbocycles. The molecule has 0 heterocycles. The second kappa shape index (κ2) is 7.26. The van der Waals surface area contributed by atoms with Crippen LogP contribution in [0.5, 0.6) is 0 Å². The highest BCUT2D eigenvalue weighted by atomic mass is 79.9. The van der Waals surface area contributed by atoms with E-state index in [9.17, 15) is 0 Å². The molecule has 0 aromatic heterocycles. The fourth-order valence-corrected chi connectivity index (χ4v) is 4.03. The third-order valence-corrected chi connectivity index (χ3v) is 5.48. The first-order valence-corrected chi connectivity index (χ1v) is 9.02. The molecule has 0 bridgehead atoms. The highest BCUT2D eigenvalue weighted by Crippen LogP contribution is 2.34. The van der Waals surface area contributed by atoms with Gasteiger partial charge in [-0.15, -0.1) is 0 Å². The number of alkyl halides is 1. The van der Waals surface area contributed by atoms with Gasteiger partial charge in [0.2, 0.25) is 0 Å². The summed E-state index contributed by atoms with van der Waals surface area (Å²) >= 11 is 3.84. The van der Waals surface area contributed by atoms with Gasteiger partial charge in [-0.3, -0.25) is 0 Å². The SMILES string of the molecule is BrC(Cc1ccccc1)c1ccc(C2CCCCC2)cc1. The topological polar surface area (TPSA) is 0 Å². The molecule has 1 fully saturated rings. The Morgan fingerprint density at radius 3 is 2.19 bits per heavy atom. The lowest BCUT2D eigenvalue weighted by Crippen LogP contribution is -2.04. The second-order valence-corrected chi connectivity index (χ2v) is 7.26. The van der Waals surface area contributed by atoms with E-state index >= 15 is 0 Å². The molecule has 1 aliphatic rings. The predicted molar refractivity (Wildman–Crippen MR) is 94.1 cm³/mol. The van der Waals surface area contributed by atoms with Crippen molar-refractivity contribution in [3.63, 3.8) is 0 Å². The molecule has 0 amide bonds. The summed E-state index contributed by atoms with van der Waals surface area (Å²) in [5.41, 5.74) is 4.31. The molecule has 2 aromatic rings. The smallest absolute Gasteiger partial charge is 0.0435 e. The summed E-state index contributed by atoms with van der Waals surface area (Å²) in [6, 6.07) is 20.0. The fraction of sp³-hybridized carbons (Fsp3) is 0.400. The molecule has 1 unspecified atom stereocenters. The first-order chi connectivity index (χ1) is 10.3. The van der Waals surface area contributed by atoms with Gasteiger partial charge in [-0.05, 0) is 41.9 Å². The number of benzene rings is 2. The lowest BCUT2D eigenvalue weighted by molar-refractivity contribution is 0.443. The molecule has 0 radical (unpaired) electrons. The molecule has 2 aromatic carbocycles. The van der Waals surface area contributed by atoms with Crippen LogP contribution >= 0.6 is 15.9 Å². The van der Waals surface area contributed by atoms with Crippen LogP contribution in [-0.4, -0.2) is 0 Å². The molecule has 0 saturated heterocycles. The lowest BCUT2D eigenvalue weighted by atomic mass is 9.84. The van der Waals surface area contributed by atoms with Crippen molar-refractivity contribution in [1.82, 2.24) is 0 Å². The van der Waals surface area contributed by atoms with E-state index in [1.807, 2.05) is 0 Å². The van der Waals surface area contributed by atoms with E-state index in [0.29, 0.717) is 4.83 Å². The second-order valence-electron chi connectivity index (χ2n) is 6.16. The van der Waals surface area contributed by atoms with Crippen molar-refractivity contribution in [2.45, 2.75) is 49.3 Å². The maximum absolute atomic E-state index is 3.84. The molecular weight excluding hydrogens is 320 g/mol. The zero-order valence-electron chi connectivity index (χ0n) is 12.5. The van der Waals surface area contributed by atoms with Crippen LogP contribution in [0.15, 0.2) is 54.6 Å². The number of hydrogen-bond donors (Lipinski definition) is 0. The van der Waals surface area contributed by atoms with E-state index in [2.05, 4.69) is 70.5 Å². The third kappa shape index (κ3) is 3.97. The molecule has 1 heteroatoms. The van der Waals surface area contributed by atoms with Crippen LogP contribution < -0.4 is 0 Å². The van der Waals surface area contributed by atoms with Crippen molar-refractivity contribution in [2.75, 3.05) is 0 Å². The van der Waals surface area contributed by atoms with Crippen molar-refractivity contribution in [1.29, 1.82) is 0 Å². The van der Waals surface area contributed by atoms with Gasteiger partial charge in [0.1, 0.15) is 0 Å². The first-order valence-electron chi connectivity index (χ1n) is 8.11. The van der Waals surface area contributed by atoms with E-state index in [1.54, 1.807) is 0 Å². The highest BCUT2D eigenvalue weighted by Gasteiger charge is 2.16. The van der Waals surface area contributed by atoms with Crippen LogP contribution in [0.1, 0.15) is 59.5 Å². The molecule has 0 N–H and O–H groups in total. The van der Waals surface area contributed by atoms with Gasteiger partial charge in [-0.2, -0.15) is 0 Å². The highest BCUT2D eigenvalue weighted by molar-refractivity contribution is 9.09. The summed E-state index contributed by atoms with van der Waals surface area (Å²) < 4.78 is 0. The predicted octanol–water partition coefficient (Wildman–Crippen LogP) is 6.41. The minimum absolute atomic E-state index is 0.403. The Kier molecular flexibility index (Phi) is 5.13. The summed E-state index contributed by atoms with van der Waals surface area (Å²) in [5.74, 6) is 0.802. The van der Waals surface area contributed by atoms with Gasteiger partial charge < -0.3 is 0 Å². The summed E-state index contributed by atoms with van der Waals surface area (Å²) in [5, 5.41) is 0. The Bertz CT molecular complexity index is 538. The quantitative estimate of drug-likeness (QED) is 0.563. The standard InChI is InChI=1S/C20H23Br/c21-20(15-16-7-3-1-4-8-16)19-13-11-18(12-14-19)17-9-5-2-6-10-17/h1,3-4,7-8,11-14,17,20H,2,5-6,9-10,15H2. The number of hydrogen-bond acceptors (Lipinski definition) is 0. The molecule has 1 atom stereocenters. The zero-order valence-corrected chi connectivity index (χ0v) is 14.1. The Morgan fingerprint density at radius 2 is 1.52 bits per heavy atom. The average molecular weight is 343 g/mol. The van der Waals surface area contributed by atoms with Gasteiger partial charge in [0.25, 0.3) is 0 Å². The Hall–Kier alpha value is -1.08. The molecule has 21 heavy (non-hydrogen) atoms. The van der Waals surface area contributed by atoms with Crippen molar-refractivity contribution >= 4 is 15.9 Å². The van der Waals surface area contributed by atoms with E-state index in [1.165, 1.54) is 48.8 Å². The normalized spacial score (nSPS) is 17.6. The Labute approximate surface area is 136 Å². The summed E-state index contributed by atoms with van der Waals surface area (Å²) in [4.78, 5) is 0.403. The lowest BCUT2D eigenvalue weighted by Gasteiger charge is -2.22. The summed E-state index contributed by atoms with van der Waals surface area (Å²) in [7, 11) is 0. The monoisotopic (exact) mass is 342 g/mol. The van der Waals surface area contributed by atoms with Gasteiger partial charge in [-0.25, -0.2) is 0 Å². The van der Waals surface area contributed by atoms with Crippen molar-refractivity contribution in [3.05, 3.63) is 71.3 Å². The van der Waals surface area contributed by atoms with Crippen LogP contribution in [0.25, 0.3) is 0 Å². The average Bonchev–Trinajstić information content (AvgIpc) is 2.57. The molecule has 1 aliphatic carbocycles. The van der Waals surface area contributed by atoms with Crippen LogP contribution in [0.2, 0.25) is 0 Å². The molecule has 0 aliphatic heterocycles. The molecular formula is C20H23Br. The molecule has 0 nitrogen and oxygen atoms in total. The maximum atomic E-state index is 3.84. The molecule has 0 spiro atoms. The van der Waals surface area contributed by atoms with Crippen molar-refractivity contribution in [3.8, 4) is 0 Å². The van der Waals surface area contributed by atoms with E-state index in [-0.39, 0.29) is 0 Å². The van der Waals surface area contributed by atoms with Gasteiger partial charge in [0.15, 0.2) is 0 Å². The van der Waals surface area contributed by atoms with Crippen molar-refractivity contribution < 1.29 is 0 Å². The van der Waals surface area contributed by atoms with Gasteiger partial charge >= 0.3 is 0 Å². The van der Waals surface area contributed by atoms with Crippen LogP contribution in [0, 0.1) is 0 Å². The third-order valence-electron chi connectivity index (χ3n) is 4.63. The largest absolute Gasteiger partial charge is 0.0835 e. The van der Waals surface area contributed by atoms with Gasteiger partial charge in [0.05, 0.1) is 0 Å². The van der Waals surface area contributed by atoms with E-state index in [4.69, 9.17) is 0 Å². The summed E-state index contributed by atoms with van der Waals surface area (Å²) in [6.07, 6.45) is 8.03. The van der Waals surface area contributed by atoms with Crippen LogP contribution in [0.4, 0.5) is 0 Å². The minimum atomic E-state index is 0.403.